The largest absolute Gasteiger partial charge is 0.495 e. The van der Waals surface area contributed by atoms with Crippen molar-refractivity contribution in [1.82, 2.24) is 0 Å². The van der Waals surface area contributed by atoms with Crippen LogP contribution in [0.2, 0.25) is 0 Å². The smallest absolute Gasteiger partial charge is 0.337 e. The molecule has 0 fully saturated rings. The molecular formula is C14H14N2O3. The molecule has 4 N–H and O–H groups in total. The Morgan fingerprint density at radius 3 is 2.63 bits per heavy atom. The molecule has 0 aliphatic carbocycles. The molecule has 5 nitrogen and oxygen atoms in total. The maximum Gasteiger partial charge on any atom is 0.337 e. The summed E-state index contributed by atoms with van der Waals surface area (Å²) in [6.07, 6.45) is 0. The second-order valence-corrected chi connectivity index (χ2v) is 3.90. The average Bonchev–Trinajstić information content (AvgIpc) is 2.41. The maximum absolute atomic E-state index is 11.2. The molecule has 5 heteroatoms. The van der Waals surface area contributed by atoms with E-state index < -0.39 is 5.97 Å². The van der Waals surface area contributed by atoms with E-state index in [1.54, 1.807) is 31.4 Å². The Morgan fingerprint density at radius 1 is 1.21 bits per heavy atom. The zero-order valence-corrected chi connectivity index (χ0v) is 10.4. The second kappa shape index (κ2) is 5.30. The van der Waals surface area contributed by atoms with Gasteiger partial charge in [-0.2, -0.15) is 0 Å². The van der Waals surface area contributed by atoms with Gasteiger partial charge < -0.3 is 20.9 Å². The van der Waals surface area contributed by atoms with Gasteiger partial charge in [-0.3, -0.25) is 0 Å². The molecule has 0 heterocycles. The number of aromatic carboxylic acids is 1. The normalized spacial score (nSPS) is 9.95. The standard InChI is InChI=1S/C14H14N2O3/c1-19-12-8-3-2-7-11(12)16-13-9(14(17)18)5-4-6-10(13)15/h2-8,16H,15H2,1H3,(H,17,18). The van der Waals surface area contributed by atoms with Gasteiger partial charge in [0.1, 0.15) is 5.75 Å². The van der Waals surface area contributed by atoms with Crippen molar-refractivity contribution in [1.29, 1.82) is 0 Å². The number of methoxy groups -OCH3 is 1. The highest BCUT2D eigenvalue weighted by Gasteiger charge is 2.14. The minimum atomic E-state index is -1.04. The molecule has 0 aromatic heterocycles. The lowest BCUT2D eigenvalue weighted by Crippen LogP contribution is -2.06. The number of anilines is 3. The molecule has 0 aliphatic heterocycles. The van der Waals surface area contributed by atoms with Crippen LogP contribution in [0.1, 0.15) is 10.4 Å². The number of ether oxygens (including phenoxy) is 1. The highest BCUT2D eigenvalue weighted by atomic mass is 16.5. The summed E-state index contributed by atoms with van der Waals surface area (Å²) in [4.78, 5) is 11.2. The van der Waals surface area contributed by atoms with Gasteiger partial charge in [0.2, 0.25) is 0 Å². The van der Waals surface area contributed by atoms with Crippen LogP contribution in [-0.4, -0.2) is 18.2 Å². The van der Waals surface area contributed by atoms with Gasteiger partial charge in [-0.15, -0.1) is 0 Å². The lowest BCUT2D eigenvalue weighted by atomic mass is 10.1. The predicted octanol–water partition coefficient (Wildman–Crippen LogP) is 2.72. The number of benzene rings is 2. The van der Waals surface area contributed by atoms with Gasteiger partial charge in [0, 0.05) is 0 Å². The van der Waals surface area contributed by atoms with Crippen LogP contribution in [0, 0.1) is 0 Å². The van der Waals surface area contributed by atoms with E-state index in [4.69, 9.17) is 15.6 Å². The van der Waals surface area contributed by atoms with Gasteiger partial charge >= 0.3 is 5.97 Å². The minimum absolute atomic E-state index is 0.117. The quantitative estimate of drug-likeness (QED) is 0.734. The van der Waals surface area contributed by atoms with Gasteiger partial charge in [-0.1, -0.05) is 18.2 Å². The number of rotatable bonds is 4. The monoisotopic (exact) mass is 258 g/mol. The summed E-state index contributed by atoms with van der Waals surface area (Å²) in [6.45, 7) is 0. The predicted molar refractivity (Wildman–Crippen MR) is 74.1 cm³/mol. The van der Waals surface area contributed by atoms with Crippen LogP contribution in [0.3, 0.4) is 0 Å². The average molecular weight is 258 g/mol. The van der Waals surface area contributed by atoms with E-state index in [2.05, 4.69) is 5.32 Å². The summed E-state index contributed by atoms with van der Waals surface area (Å²) in [6, 6.07) is 12.0. The summed E-state index contributed by atoms with van der Waals surface area (Å²) >= 11 is 0. The maximum atomic E-state index is 11.2. The first-order chi connectivity index (χ1) is 9.13. The minimum Gasteiger partial charge on any atom is -0.495 e. The Kier molecular flexibility index (Phi) is 3.56. The Morgan fingerprint density at radius 2 is 1.95 bits per heavy atom. The fourth-order valence-electron chi connectivity index (χ4n) is 1.77. The van der Waals surface area contributed by atoms with Gasteiger partial charge in [0.05, 0.1) is 29.7 Å². The molecule has 0 unspecified atom stereocenters. The number of nitrogen functional groups attached to an aromatic ring is 1. The van der Waals surface area contributed by atoms with Crippen LogP contribution < -0.4 is 15.8 Å². The Labute approximate surface area is 110 Å². The number of nitrogens with one attached hydrogen (secondary N) is 1. The van der Waals surface area contributed by atoms with Crippen molar-refractivity contribution in [2.24, 2.45) is 0 Å². The first-order valence-electron chi connectivity index (χ1n) is 5.65. The first-order valence-corrected chi connectivity index (χ1v) is 5.65. The highest BCUT2D eigenvalue weighted by molar-refractivity contribution is 5.99. The van der Waals surface area contributed by atoms with E-state index in [0.717, 1.165) is 0 Å². The van der Waals surface area contributed by atoms with E-state index in [0.29, 0.717) is 22.8 Å². The van der Waals surface area contributed by atoms with Crippen LogP contribution >= 0.6 is 0 Å². The van der Waals surface area contributed by atoms with E-state index in [9.17, 15) is 4.79 Å². The van der Waals surface area contributed by atoms with Crippen molar-refractivity contribution in [3.8, 4) is 5.75 Å². The van der Waals surface area contributed by atoms with Gasteiger partial charge in [-0.25, -0.2) is 4.79 Å². The highest BCUT2D eigenvalue weighted by Crippen LogP contribution is 2.32. The first kappa shape index (κ1) is 12.8. The summed E-state index contributed by atoms with van der Waals surface area (Å²) in [5.41, 5.74) is 7.33. The molecule has 98 valence electrons. The number of hydrogen-bond donors (Lipinski definition) is 3. The van der Waals surface area contributed by atoms with Gasteiger partial charge in [0.25, 0.3) is 0 Å². The molecule has 2 aromatic rings. The Bertz CT molecular complexity index is 611. The summed E-state index contributed by atoms with van der Waals surface area (Å²) < 4.78 is 5.21. The molecule has 2 rings (SSSR count). The summed E-state index contributed by atoms with van der Waals surface area (Å²) in [5.74, 6) is -0.424. The third-order valence-electron chi connectivity index (χ3n) is 2.69. The Balaban J connectivity index is 2.46. The van der Waals surface area contributed by atoms with Crippen LogP contribution in [0.15, 0.2) is 42.5 Å². The van der Waals surface area contributed by atoms with Crippen LogP contribution in [0.4, 0.5) is 17.1 Å². The fourth-order valence-corrected chi connectivity index (χ4v) is 1.77. The molecular weight excluding hydrogens is 244 g/mol. The van der Waals surface area contributed by atoms with Crippen LogP contribution in [-0.2, 0) is 0 Å². The van der Waals surface area contributed by atoms with Crippen molar-refractivity contribution in [3.63, 3.8) is 0 Å². The third kappa shape index (κ3) is 2.60. The number of carbonyl (C=O) groups is 1. The fraction of sp³-hybridized carbons (Fsp3) is 0.0714. The molecule has 0 aliphatic rings. The van der Waals surface area contributed by atoms with Crippen molar-refractivity contribution in [2.75, 3.05) is 18.2 Å². The number of carboxylic acid groups (broad SMARTS) is 1. The molecule has 2 aromatic carbocycles. The lowest BCUT2D eigenvalue weighted by Gasteiger charge is -2.14. The van der Waals surface area contributed by atoms with Gasteiger partial charge in [0.15, 0.2) is 0 Å². The topological polar surface area (TPSA) is 84.6 Å². The molecule has 0 atom stereocenters. The SMILES string of the molecule is COc1ccccc1Nc1c(N)cccc1C(=O)O. The molecule has 0 saturated carbocycles. The molecule has 0 amide bonds. The summed E-state index contributed by atoms with van der Waals surface area (Å²) in [7, 11) is 1.55. The van der Waals surface area contributed by atoms with Crippen LogP contribution in [0.5, 0.6) is 5.75 Å². The zero-order valence-electron chi connectivity index (χ0n) is 10.4. The third-order valence-corrected chi connectivity index (χ3v) is 2.69. The van der Waals surface area contributed by atoms with Gasteiger partial charge in [-0.05, 0) is 24.3 Å². The molecule has 19 heavy (non-hydrogen) atoms. The zero-order chi connectivity index (χ0) is 13.8. The number of nitrogens with two attached hydrogens (primary N) is 1. The molecule has 0 spiro atoms. The number of para-hydroxylation sites is 3. The van der Waals surface area contributed by atoms with Crippen molar-refractivity contribution in [2.45, 2.75) is 0 Å². The van der Waals surface area contributed by atoms with Crippen LogP contribution in [0.25, 0.3) is 0 Å². The van der Waals surface area contributed by atoms with Crippen molar-refractivity contribution >= 4 is 23.0 Å². The second-order valence-electron chi connectivity index (χ2n) is 3.90. The molecule has 0 saturated heterocycles. The molecule has 0 radical (unpaired) electrons. The lowest BCUT2D eigenvalue weighted by molar-refractivity contribution is 0.0698. The van der Waals surface area contributed by atoms with E-state index in [1.807, 2.05) is 12.1 Å². The van der Waals surface area contributed by atoms with Crippen molar-refractivity contribution in [3.05, 3.63) is 48.0 Å². The Hall–Kier alpha value is -2.69. The summed E-state index contributed by atoms with van der Waals surface area (Å²) in [5, 5.41) is 12.2. The number of carboxylic acids is 1. The number of hydrogen-bond acceptors (Lipinski definition) is 4. The molecule has 0 bridgehead atoms. The van der Waals surface area contributed by atoms with Crippen molar-refractivity contribution < 1.29 is 14.6 Å². The van der Waals surface area contributed by atoms with E-state index in [1.165, 1.54) is 6.07 Å². The van der Waals surface area contributed by atoms with E-state index >= 15 is 0 Å². The van der Waals surface area contributed by atoms with E-state index in [-0.39, 0.29) is 5.56 Å².